The molecule has 1 aliphatic rings. The second kappa shape index (κ2) is 4.41. The number of rotatable bonds is 3. The third-order valence-corrected chi connectivity index (χ3v) is 3.15. The molecule has 0 amide bonds. The van der Waals surface area contributed by atoms with E-state index >= 15 is 0 Å². The first-order valence-corrected chi connectivity index (χ1v) is 5.67. The van der Waals surface area contributed by atoms with Crippen LogP contribution in [0.5, 0.6) is 11.5 Å². The molecule has 4 heteroatoms. The van der Waals surface area contributed by atoms with Crippen LogP contribution in [-0.4, -0.2) is 27.3 Å². The summed E-state index contributed by atoms with van der Waals surface area (Å²) in [6, 6.07) is 4.03. The first-order valence-electron chi connectivity index (χ1n) is 4.88. The van der Waals surface area contributed by atoms with E-state index in [4.69, 9.17) is 9.47 Å². The van der Waals surface area contributed by atoms with Crippen LogP contribution in [0.25, 0.3) is 0 Å². The third-order valence-electron chi connectivity index (χ3n) is 2.69. The average molecular weight is 272 g/mol. The van der Waals surface area contributed by atoms with Gasteiger partial charge in [-0.25, -0.2) is 0 Å². The highest BCUT2D eigenvalue weighted by Crippen LogP contribution is 2.39. The van der Waals surface area contributed by atoms with Crippen molar-refractivity contribution >= 4 is 15.9 Å². The summed E-state index contributed by atoms with van der Waals surface area (Å²) < 4.78 is 11.7. The van der Waals surface area contributed by atoms with Crippen LogP contribution in [0, 0.1) is 0 Å². The number of hydrogen-bond acceptors (Lipinski definition) is 3. The van der Waals surface area contributed by atoms with Crippen molar-refractivity contribution in [2.45, 2.75) is 5.92 Å². The summed E-state index contributed by atoms with van der Waals surface area (Å²) in [5.41, 5.74) is 1.21. The van der Waals surface area contributed by atoms with Gasteiger partial charge in [-0.15, -0.1) is 0 Å². The van der Waals surface area contributed by atoms with Crippen molar-refractivity contribution < 1.29 is 9.47 Å². The molecule has 0 atom stereocenters. The van der Waals surface area contributed by atoms with Gasteiger partial charge >= 0.3 is 0 Å². The fourth-order valence-corrected chi connectivity index (χ4v) is 2.23. The van der Waals surface area contributed by atoms with E-state index in [0.29, 0.717) is 5.92 Å². The Bertz CT molecular complexity index is 364. The average Bonchev–Trinajstić information content (AvgIpc) is 2.14. The van der Waals surface area contributed by atoms with E-state index in [1.165, 1.54) is 5.56 Å². The highest BCUT2D eigenvalue weighted by molar-refractivity contribution is 9.10. The Morgan fingerprint density at radius 2 is 2.00 bits per heavy atom. The highest BCUT2D eigenvalue weighted by Gasteiger charge is 2.24. The molecule has 3 nitrogen and oxygen atoms in total. The zero-order chi connectivity index (χ0) is 10.8. The van der Waals surface area contributed by atoms with Gasteiger partial charge in [0, 0.05) is 29.0 Å². The van der Waals surface area contributed by atoms with Gasteiger partial charge in [-0.3, -0.25) is 0 Å². The molecular weight excluding hydrogens is 258 g/mol. The number of methoxy groups -OCH3 is 2. The summed E-state index contributed by atoms with van der Waals surface area (Å²) in [4.78, 5) is 0. The number of hydrogen-bond donors (Lipinski definition) is 1. The van der Waals surface area contributed by atoms with Crippen molar-refractivity contribution in [1.82, 2.24) is 5.32 Å². The predicted octanol–water partition coefficient (Wildman–Crippen LogP) is 2.15. The second-order valence-corrected chi connectivity index (χ2v) is 4.50. The molecule has 0 unspecified atom stereocenters. The highest BCUT2D eigenvalue weighted by atomic mass is 79.9. The summed E-state index contributed by atoms with van der Waals surface area (Å²) in [6.07, 6.45) is 0. The van der Waals surface area contributed by atoms with Gasteiger partial charge in [-0.05, 0) is 12.1 Å². The van der Waals surface area contributed by atoms with Crippen LogP contribution < -0.4 is 14.8 Å². The summed E-state index contributed by atoms with van der Waals surface area (Å²) in [5.74, 6) is 2.17. The molecule has 0 bridgehead atoms. The van der Waals surface area contributed by atoms with E-state index in [2.05, 4.69) is 27.3 Å². The van der Waals surface area contributed by atoms with Gasteiger partial charge in [-0.2, -0.15) is 0 Å². The van der Waals surface area contributed by atoms with Crippen molar-refractivity contribution in [3.8, 4) is 11.5 Å². The van der Waals surface area contributed by atoms with E-state index < -0.39 is 0 Å². The standard InChI is InChI=1S/C11H14BrNO2/c1-14-10-4-8(12)3-9(11(10)15-2)7-5-13-6-7/h3-4,7,13H,5-6H2,1-2H3. The molecule has 0 radical (unpaired) electrons. The van der Waals surface area contributed by atoms with Crippen LogP contribution in [-0.2, 0) is 0 Å². The number of ether oxygens (including phenoxy) is 2. The minimum Gasteiger partial charge on any atom is -0.493 e. The molecule has 0 aliphatic carbocycles. The van der Waals surface area contributed by atoms with E-state index in [0.717, 1.165) is 29.1 Å². The van der Waals surface area contributed by atoms with Gasteiger partial charge in [0.05, 0.1) is 14.2 Å². The van der Waals surface area contributed by atoms with Crippen molar-refractivity contribution in [1.29, 1.82) is 0 Å². The minimum absolute atomic E-state index is 0.534. The third kappa shape index (κ3) is 1.96. The van der Waals surface area contributed by atoms with E-state index in [1.54, 1.807) is 14.2 Å². The number of nitrogens with one attached hydrogen (secondary N) is 1. The van der Waals surface area contributed by atoms with Crippen LogP contribution in [0.3, 0.4) is 0 Å². The zero-order valence-corrected chi connectivity index (χ0v) is 10.4. The lowest BCUT2D eigenvalue weighted by atomic mass is 9.92. The van der Waals surface area contributed by atoms with Gasteiger partial charge < -0.3 is 14.8 Å². The molecule has 15 heavy (non-hydrogen) atoms. The van der Waals surface area contributed by atoms with Crippen molar-refractivity contribution in [3.05, 3.63) is 22.2 Å². The monoisotopic (exact) mass is 271 g/mol. The van der Waals surface area contributed by atoms with Gasteiger partial charge in [0.2, 0.25) is 0 Å². The molecule has 1 aromatic rings. The van der Waals surface area contributed by atoms with Crippen molar-refractivity contribution in [3.63, 3.8) is 0 Å². The molecule has 0 saturated carbocycles. The quantitative estimate of drug-likeness (QED) is 0.914. The summed E-state index contributed by atoms with van der Waals surface area (Å²) in [5, 5.41) is 3.26. The Morgan fingerprint density at radius 3 is 2.47 bits per heavy atom. The van der Waals surface area contributed by atoms with Gasteiger partial charge in [0.25, 0.3) is 0 Å². The predicted molar refractivity (Wildman–Crippen MR) is 62.9 cm³/mol. The fourth-order valence-electron chi connectivity index (χ4n) is 1.77. The Morgan fingerprint density at radius 1 is 1.27 bits per heavy atom. The van der Waals surface area contributed by atoms with E-state index in [-0.39, 0.29) is 0 Å². The largest absolute Gasteiger partial charge is 0.493 e. The van der Waals surface area contributed by atoms with E-state index in [9.17, 15) is 0 Å². The lowest BCUT2D eigenvalue weighted by molar-refractivity contribution is 0.341. The SMILES string of the molecule is COc1cc(Br)cc(C2CNC2)c1OC. The number of halogens is 1. The fraction of sp³-hybridized carbons (Fsp3) is 0.455. The lowest BCUT2D eigenvalue weighted by Gasteiger charge is -2.29. The Kier molecular flexibility index (Phi) is 3.17. The first kappa shape index (κ1) is 10.8. The summed E-state index contributed by atoms with van der Waals surface area (Å²) in [6.45, 7) is 2.02. The minimum atomic E-state index is 0.534. The smallest absolute Gasteiger partial charge is 0.164 e. The van der Waals surface area contributed by atoms with Gasteiger partial charge in [-0.1, -0.05) is 15.9 Å². The molecule has 1 fully saturated rings. The first-order chi connectivity index (χ1) is 7.26. The maximum Gasteiger partial charge on any atom is 0.164 e. The topological polar surface area (TPSA) is 30.5 Å². The Balaban J connectivity index is 2.44. The maximum absolute atomic E-state index is 5.41. The molecule has 2 rings (SSSR count). The molecule has 1 heterocycles. The summed E-state index contributed by atoms with van der Waals surface area (Å²) >= 11 is 3.48. The Labute approximate surface area is 97.9 Å². The molecule has 0 spiro atoms. The number of benzene rings is 1. The van der Waals surface area contributed by atoms with Gasteiger partial charge in [0.15, 0.2) is 11.5 Å². The van der Waals surface area contributed by atoms with Crippen LogP contribution in [0.4, 0.5) is 0 Å². The van der Waals surface area contributed by atoms with Crippen molar-refractivity contribution in [2.24, 2.45) is 0 Å². The summed E-state index contributed by atoms with van der Waals surface area (Å²) in [7, 11) is 3.34. The molecule has 1 aliphatic heterocycles. The second-order valence-electron chi connectivity index (χ2n) is 3.59. The maximum atomic E-state index is 5.41. The lowest BCUT2D eigenvalue weighted by Crippen LogP contribution is -2.40. The molecule has 0 aromatic heterocycles. The van der Waals surface area contributed by atoms with Crippen LogP contribution in [0.1, 0.15) is 11.5 Å². The molecule has 1 aromatic carbocycles. The van der Waals surface area contributed by atoms with E-state index in [1.807, 2.05) is 6.07 Å². The van der Waals surface area contributed by atoms with Crippen LogP contribution >= 0.6 is 15.9 Å². The van der Waals surface area contributed by atoms with Crippen LogP contribution in [0.2, 0.25) is 0 Å². The molecular formula is C11H14BrNO2. The zero-order valence-electron chi connectivity index (χ0n) is 8.84. The van der Waals surface area contributed by atoms with Gasteiger partial charge in [0.1, 0.15) is 0 Å². The Hall–Kier alpha value is -0.740. The molecule has 82 valence electrons. The van der Waals surface area contributed by atoms with Crippen LogP contribution in [0.15, 0.2) is 16.6 Å². The molecule has 1 saturated heterocycles. The normalized spacial score (nSPS) is 15.9. The van der Waals surface area contributed by atoms with Crippen molar-refractivity contribution in [2.75, 3.05) is 27.3 Å². The molecule has 1 N–H and O–H groups in total.